The Hall–Kier alpha value is -1.81. The average Bonchev–Trinajstić information content (AvgIpc) is 2.90. The van der Waals surface area contributed by atoms with Gasteiger partial charge in [-0.15, -0.1) is 0 Å². The number of hydrogen-bond acceptors (Lipinski definition) is 3. The van der Waals surface area contributed by atoms with E-state index in [0.29, 0.717) is 5.56 Å². The van der Waals surface area contributed by atoms with Crippen LogP contribution in [0.15, 0.2) is 34.9 Å². The van der Waals surface area contributed by atoms with Crippen LogP contribution in [0.25, 0.3) is 11.0 Å². The quantitative estimate of drug-likeness (QED) is 0.898. The summed E-state index contributed by atoms with van der Waals surface area (Å²) in [6, 6.07) is 7.92. The average molecular weight is 258 g/mol. The summed E-state index contributed by atoms with van der Waals surface area (Å²) in [5.41, 5.74) is 1.42. The minimum absolute atomic E-state index is 0.0404. The summed E-state index contributed by atoms with van der Waals surface area (Å²) in [6.45, 7) is 1.92. The van der Waals surface area contributed by atoms with Crippen molar-refractivity contribution < 1.29 is 9.21 Å². The SMILES string of the molecule is CN(C(=O)c1coc2ccccc12)C1CCCNC1. The summed E-state index contributed by atoms with van der Waals surface area (Å²) in [5, 5.41) is 4.23. The van der Waals surface area contributed by atoms with Gasteiger partial charge in [-0.1, -0.05) is 18.2 Å². The molecule has 19 heavy (non-hydrogen) atoms. The van der Waals surface area contributed by atoms with E-state index in [2.05, 4.69) is 5.32 Å². The number of hydrogen-bond donors (Lipinski definition) is 1. The molecule has 0 spiro atoms. The van der Waals surface area contributed by atoms with Gasteiger partial charge in [0.15, 0.2) is 0 Å². The van der Waals surface area contributed by atoms with Gasteiger partial charge in [0.25, 0.3) is 5.91 Å². The van der Waals surface area contributed by atoms with Crippen molar-refractivity contribution >= 4 is 16.9 Å². The van der Waals surface area contributed by atoms with Crippen LogP contribution in [-0.2, 0) is 0 Å². The van der Waals surface area contributed by atoms with Gasteiger partial charge >= 0.3 is 0 Å². The van der Waals surface area contributed by atoms with Gasteiger partial charge < -0.3 is 14.6 Å². The maximum Gasteiger partial charge on any atom is 0.257 e. The number of fused-ring (bicyclic) bond motifs is 1. The topological polar surface area (TPSA) is 45.5 Å². The molecule has 1 atom stereocenters. The third-order valence-electron chi connectivity index (χ3n) is 3.85. The first kappa shape index (κ1) is 12.2. The highest BCUT2D eigenvalue weighted by Crippen LogP contribution is 2.23. The van der Waals surface area contributed by atoms with Crippen molar-refractivity contribution in [1.82, 2.24) is 10.2 Å². The third-order valence-corrected chi connectivity index (χ3v) is 3.85. The first-order valence-electron chi connectivity index (χ1n) is 6.71. The van der Waals surface area contributed by atoms with E-state index in [1.54, 1.807) is 6.26 Å². The van der Waals surface area contributed by atoms with E-state index in [-0.39, 0.29) is 11.9 Å². The molecule has 0 bridgehead atoms. The Morgan fingerprint density at radius 2 is 2.26 bits per heavy atom. The molecule has 3 rings (SSSR count). The van der Waals surface area contributed by atoms with E-state index in [9.17, 15) is 4.79 Å². The second-order valence-electron chi connectivity index (χ2n) is 5.06. The van der Waals surface area contributed by atoms with Gasteiger partial charge in [0.05, 0.1) is 5.56 Å². The zero-order valence-electron chi connectivity index (χ0n) is 11.1. The number of piperidine rings is 1. The molecule has 1 aromatic heterocycles. The summed E-state index contributed by atoms with van der Waals surface area (Å²) in [5.74, 6) is 0.0404. The lowest BCUT2D eigenvalue weighted by Crippen LogP contribution is -2.46. The van der Waals surface area contributed by atoms with E-state index < -0.39 is 0 Å². The van der Waals surface area contributed by atoms with Gasteiger partial charge in [-0.3, -0.25) is 4.79 Å². The van der Waals surface area contributed by atoms with Crippen LogP contribution >= 0.6 is 0 Å². The van der Waals surface area contributed by atoms with Crippen molar-refractivity contribution in [2.24, 2.45) is 0 Å². The molecule has 1 amide bonds. The van der Waals surface area contributed by atoms with Gasteiger partial charge in [-0.25, -0.2) is 0 Å². The molecule has 1 N–H and O–H groups in total. The van der Waals surface area contributed by atoms with Gasteiger partial charge in [0, 0.05) is 25.0 Å². The lowest BCUT2D eigenvalue weighted by molar-refractivity contribution is 0.0709. The number of nitrogens with zero attached hydrogens (tertiary/aromatic N) is 1. The third kappa shape index (κ3) is 2.24. The molecule has 1 saturated heterocycles. The minimum Gasteiger partial charge on any atom is -0.463 e. The predicted octanol–water partition coefficient (Wildman–Crippen LogP) is 2.26. The van der Waals surface area contributed by atoms with Crippen molar-refractivity contribution in [3.8, 4) is 0 Å². The Balaban J connectivity index is 1.86. The number of nitrogens with one attached hydrogen (secondary N) is 1. The number of amides is 1. The van der Waals surface area contributed by atoms with Crippen LogP contribution in [0.2, 0.25) is 0 Å². The van der Waals surface area contributed by atoms with Crippen LogP contribution in [0.1, 0.15) is 23.2 Å². The van der Waals surface area contributed by atoms with E-state index >= 15 is 0 Å². The first-order chi connectivity index (χ1) is 9.27. The summed E-state index contributed by atoms with van der Waals surface area (Å²) in [4.78, 5) is 14.4. The van der Waals surface area contributed by atoms with Crippen LogP contribution in [0.5, 0.6) is 0 Å². The van der Waals surface area contributed by atoms with E-state index in [4.69, 9.17) is 4.42 Å². The molecule has 2 aromatic rings. The largest absolute Gasteiger partial charge is 0.463 e. The highest BCUT2D eigenvalue weighted by atomic mass is 16.3. The van der Waals surface area contributed by atoms with Crippen molar-refractivity contribution in [3.63, 3.8) is 0 Å². The number of para-hydroxylation sites is 1. The number of likely N-dealkylation sites (N-methyl/N-ethyl adjacent to an activating group) is 1. The molecule has 1 fully saturated rings. The van der Waals surface area contributed by atoms with Crippen LogP contribution in [-0.4, -0.2) is 37.0 Å². The van der Waals surface area contributed by atoms with Crippen LogP contribution in [0.3, 0.4) is 0 Å². The number of furan rings is 1. The van der Waals surface area contributed by atoms with E-state index in [0.717, 1.165) is 36.9 Å². The lowest BCUT2D eigenvalue weighted by Gasteiger charge is -2.31. The Morgan fingerprint density at radius 1 is 1.42 bits per heavy atom. The van der Waals surface area contributed by atoms with Crippen LogP contribution in [0.4, 0.5) is 0 Å². The maximum atomic E-state index is 12.6. The van der Waals surface area contributed by atoms with Gasteiger partial charge in [0.2, 0.25) is 0 Å². The summed E-state index contributed by atoms with van der Waals surface area (Å²) in [7, 11) is 1.88. The smallest absolute Gasteiger partial charge is 0.257 e. The normalized spacial score (nSPS) is 19.5. The summed E-state index contributed by atoms with van der Waals surface area (Å²) < 4.78 is 5.44. The Kier molecular flexibility index (Phi) is 3.25. The number of benzene rings is 1. The molecule has 100 valence electrons. The number of carbonyl (C=O) groups excluding carboxylic acids is 1. The number of carbonyl (C=O) groups is 1. The van der Waals surface area contributed by atoms with Crippen LogP contribution < -0.4 is 5.32 Å². The zero-order chi connectivity index (χ0) is 13.2. The molecule has 4 nitrogen and oxygen atoms in total. The van der Waals surface area contributed by atoms with Crippen molar-refractivity contribution in [2.45, 2.75) is 18.9 Å². The molecule has 2 heterocycles. The fourth-order valence-electron chi connectivity index (χ4n) is 2.66. The molecular weight excluding hydrogens is 240 g/mol. The first-order valence-corrected chi connectivity index (χ1v) is 6.71. The molecule has 0 aliphatic carbocycles. The fourth-order valence-corrected chi connectivity index (χ4v) is 2.66. The van der Waals surface area contributed by atoms with Crippen molar-refractivity contribution in [3.05, 3.63) is 36.1 Å². The van der Waals surface area contributed by atoms with Gasteiger partial charge in [-0.05, 0) is 25.5 Å². The summed E-state index contributed by atoms with van der Waals surface area (Å²) >= 11 is 0. The summed E-state index contributed by atoms with van der Waals surface area (Å²) in [6.07, 6.45) is 3.75. The van der Waals surface area contributed by atoms with Crippen molar-refractivity contribution in [2.75, 3.05) is 20.1 Å². The fraction of sp³-hybridized carbons (Fsp3) is 0.400. The zero-order valence-corrected chi connectivity index (χ0v) is 11.1. The Bertz CT molecular complexity index is 585. The molecule has 1 unspecified atom stereocenters. The molecule has 1 aliphatic heterocycles. The van der Waals surface area contributed by atoms with Crippen LogP contribution in [0, 0.1) is 0 Å². The Morgan fingerprint density at radius 3 is 3.05 bits per heavy atom. The number of rotatable bonds is 2. The standard InChI is InChI=1S/C15H18N2O2/c1-17(11-5-4-8-16-9-11)15(18)13-10-19-14-7-3-2-6-12(13)14/h2-3,6-7,10-11,16H,4-5,8-9H2,1H3. The molecule has 0 radical (unpaired) electrons. The van der Waals surface area contributed by atoms with Gasteiger partial charge in [-0.2, -0.15) is 0 Å². The highest BCUT2D eigenvalue weighted by molar-refractivity contribution is 6.05. The minimum atomic E-state index is 0.0404. The monoisotopic (exact) mass is 258 g/mol. The van der Waals surface area contributed by atoms with Crippen molar-refractivity contribution in [1.29, 1.82) is 0 Å². The molecule has 1 aliphatic rings. The molecular formula is C15H18N2O2. The van der Waals surface area contributed by atoms with E-state index in [1.807, 2.05) is 36.2 Å². The molecule has 4 heteroatoms. The second kappa shape index (κ2) is 5.05. The predicted molar refractivity (Wildman–Crippen MR) is 74.2 cm³/mol. The molecule has 0 saturated carbocycles. The lowest BCUT2D eigenvalue weighted by atomic mass is 10.0. The Labute approximate surface area is 112 Å². The molecule has 1 aromatic carbocycles. The van der Waals surface area contributed by atoms with Gasteiger partial charge in [0.1, 0.15) is 11.8 Å². The second-order valence-corrected chi connectivity index (χ2v) is 5.06. The maximum absolute atomic E-state index is 12.6. The highest BCUT2D eigenvalue weighted by Gasteiger charge is 2.24. The van der Waals surface area contributed by atoms with E-state index in [1.165, 1.54) is 0 Å².